The van der Waals surface area contributed by atoms with Crippen LogP contribution >= 0.6 is 0 Å². The zero-order valence-corrected chi connectivity index (χ0v) is 22.4. The van der Waals surface area contributed by atoms with Crippen molar-refractivity contribution >= 4 is 76.2 Å². The second-order valence-electron chi connectivity index (χ2n) is 11.1. The fraction of sp³-hybridized carbons (Fsp3) is 0. The maximum atomic E-state index is 14.0. The lowest BCUT2D eigenvalue weighted by Crippen LogP contribution is -2.25. The van der Waals surface area contributed by atoms with E-state index < -0.39 is 0 Å². The van der Waals surface area contributed by atoms with Crippen molar-refractivity contribution in [1.82, 2.24) is 0 Å². The van der Waals surface area contributed by atoms with E-state index in [2.05, 4.69) is 77.8 Å². The number of benzene rings is 8. The van der Waals surface area contributed by atoms with E-state index in [0.29, 0.717) is 22.5 Å². The lowest BCUT2D eigenvalue weighted by atomic mass is 9.90. The molecule has 42 heavy (non-hydrogen) atoms. The molecule has 0 aliphatic carbocycles. The number of hydrogen-bond donors (Lipinski definition) is 0. The molecular formula is C39H22NO2+. The Morgan fingerprint density at radius 3 is 1.12 bits per heavy atom. The fourth-order valence-corrected chi connectivity index (χ4v) is 6.89. The van der Waals surface area contributed by atoms with Crippen LogP contribution in [0.3, 0.4) is 0 Å². The Hall–Kier alpha value is -5.67. The molecule has 9 rings (SSSR count). The fourth-order valence-electron chi connectivity index (χ4n) is 6.89. The van der Waals surface area contributed by atoms with E-state index >= 15 is 0 Å². The predicted molar refractivity (Wildman–Crippen MR) is 170 cm³/mol. The summed E-state index contributed by atoms with van der Waals surface area (Å²) in [5, 5.41) is 13.2. The summed E-state index contributed by atoms with van der Waals surface area (Å²) in [5.74, 6) is -0.282. The molecule has 0 atom stereocenters. The normalized spacial score (nSPS) is 12.0. The number of rotatable bonds is 4. The van der Waals surface area contributed by atoms with Crippen LogP contribution < -0.4 is 4.98 Å². The van der Waals surface area contributed by atoms with Gasteiger partial charge in [0, 0.05) is 23.3 Å². The van der Waals surface area contributed by atoms with Crippen molar-refractivity contribution in [2.24, 2.45) is 0 Å². The third kappa shape index (κ3) is 3.13. The van der Waals surface area contributed by atoms with Crippen LogP contribution in [0.1, 0.15) is 32.1 Å². The summed E-state index contributed by atoms with van der Waals surface area (Å²) in [4.78, 5) is 31.2. The Morgan fingerprint density at radius 1 is 0.357 bits per heavy atom. The molecule has 0 spiro atoms. The number of ketones is 2. The highest BCUT2D eigenvalue weighted by atomic mass is 16.1. The molecule has 0 aliphatic heterocycles. The highest BCUT2D eigenvalue weighted by Gasteiger charge is 2.25. The zero-order chi connectivity index (χ0) is 27.9. The van der Waals surface area contributed by atoms with Crippen LogP contribution in [-0.2, 0) is 0 Å². The summed E-state index contributed by atoms with van der Waals surface area (Å²) in [5.41, 5.74) is 2.00. The molecule has 0 saturated heterocycles. The summed E-state index contributed by atoms with van der Waals surface area (Å²) in [7, 11) is 0. The average Bonchev–Trinajstić information content (AvgIpc) is 3.05. The first kappa shape index (κ1) is 23.1. The molecule has 1 aromatic heterocycles. The number of carbonyl (C=O) groups excluding carboxylic acids is 2. The van der Waals surface area contributed by atoms with E-state index in [9.17, 15) is 9.59 Å². The van der Waals surface area contributed by atoms with Gasteiger partial charge in [0.05, 0.1) is 0 Å². The van der Waals surface area contributed by atoms with Gasteiger partial charge in [-0.1, -0.05) is 97.1 Å². The number of pyridine rings is 1. The van der Waals surface area contributed by atoms with Gasteiger partial charge in [0.25, 0.3) is 23.0 Å². The standard InChI is InChI=1S/C39H21NO2/c41-38(30-20-16-26-12-10-22-4-1-6-24-14-18-28(30)36(26)34(22)24)32-8-3-9-33(40-32)39(42)31-21-17-27-13-11-23-5-2-7-25-15-19-29(31)37(27)35(23)25/h1-21H/p+1. The van der Waals surface area contributed by atoms with E-state index in [1.165, 1.54) is 10.8 Å². The van der Waals surface area contributed by atoms with Crippen LogP contribution in [0, 0.1) is 0 Å². The van der Waals surface area contributed by atoms with Crippen LogP contribution in [0.25, 0.3) is 64.6 Å². The summed E-state index contributed by atoms with van der Waals surface area (Å²) in [6, 6.07) is 42.4. The van der Waals surface area contributed by atoms with Gasteiger partial charge >= 0.3 is 0 Å². The van der Waals surface area contributed by atoms with E-state index in [0.717, 1.165) is 53.9 Å². The highest BCUT2D eigenvalue weighted by Crippen LogP contribution is 2.38. The first-order chi connectivity index (χ1) is 20.7. The van der Waals surface area contributed by atoms with Gasteiger partial charge in [0.15, 0.2) is 0 Å². The quantitative estimate of drug-likeness (QED) is 0.167. The van der Waals surface area contributed by atoms with E-state index in [4.69, 9.17) is 0 Å². The van der Waals surface area contributed by atoms with Crippen molar-refractivity contribution in [3.8, 4) is 0 Å². The molecule has 0 bridgehead atoms. The van der Waals surface area contributed by atoms with Crippen molar-refractivity contribution in [1.29, 1.82) is 0 Å². The van der Waals surface area contributed by atoms with Gasteiger partial charge in [-0.15, -0.1) is 0 Å². The average molecular weight is 537 g/mol. The molecule has 1 heterocycles. The molecule has 8 aromatic carbocycles. The Morgan fingerprint density at radius 2 is 0.690 bits per heavy atom. The lowest BCUT2D eigenvalue weighted by Gasteiger charge is -2.13. The van der Waals surface area contributed by atoms with Gasteiger partial charge < -0.3 is 0 Å². The minimum atomic E-state index is -0.141. The van der Waals surface area contributed by atoms with E-state index in [-0.39, 0.29) is 11.6 Å². The maximum Gasteiger partial charge on any atom is 0.257 e. The van der Waals surface area contributed by atoms with Gasteiger partial charge in [-0.2, -0.15) is 4.98 Å². The Balaban J connectivity index is 1.17. The minimum absolute atomic E-state index is 0.141. The molecule has 0 unspecified atom stereocenters. The molecule has 9 aromatic rings. The number of aromatic amines is 1. The zero-order valence-electron chi connectivity index (χ0n) is 22.4. The smallest absolute Gasteiger partial charge is 0.257 e. The van der Waals surface area contributed by atoms with Gasteiger partial charge in [0.2, 0.25) is 0 Å². The largest absolute Gasteiger partial charge is 0.282 e. The first-order valence-corrected chi connectivity index (χ1v) is 14.1. The number of H-pyrrole nitrogens is 1. The molecule has 0 aliphatic rings. The molecule has 0 fully saturated rings. The minimum Gasteiger partial charge on any atom is -0.282 e. The number of carbonyl (C=O) groups is 2. The maximum absolute atomic E-state index is 14.0. The molecule has 194 valence electrons. The summed E-state index contributed by atoms with van der Waals surface area (Å²) < 4.78 is 0. The third-order valence-corrected chi connectivity index (χ3v) is 8.83. The second-order valence-corrected chi connectivity index (χ2v) is 11.1. The highest BCUT2D eigenvalue weighted by molar-refractivity contribution is 6.29. The van der Waals surface area contributed by atoms with Crippen molar-refractivity contribution in [3.63, 3.8) is 0 Å². The van der Waals surface area contributed by atoms with Crippen LogP contribution in [0.2, 0.25) is 0 Å². The molecule has 0 amide bonds. The molecule has 3 heteroatoms. The lowest BCUT2D eigenvalue weighted by molar-refractivity contribution is -0.385. The monoisotopic (exact) mass is 536 g/mol. The van der Waals surface area contributed by atoms with Crippen molar-refractivity contribution in [3.05, 3.63) is 150 Å². The number of nitrogens with one attached hydrogen (secondary N) is 1. The summed E-state index contributed by atoms with van der Waals surface area (Å²) >= 11 is 0. The molecule has 0 radical (unpaired) electrons. The van der Waals surface area contributed by atoms with Crippen molar-refractivity contribution in [2.75, 3.05) is 0 Å². The van der Waals surface area contributed by atoms with Crippen LogP contribution in [-0.4, -0.2) is 11.6 Å². The van der Waals surface area contributed by atoms with Gasteiger partial charge in [-0.25, -0.2) is 0 Å². The van der Waals surface area contributed by atoms with Gasteiger partial charge in [-0.3, -0.25) is 9.59 Å². The SMILES string of the molecule is O=C(c1cccc(C(=O)c2ccc3ccc4cccc5ccc2c3c45)[nH+]1)c1ccc2ccc3cccc4ccc1c2c34. The van der Waals surface area contributed by atoms with Crippen LogP contribution in [0.5, 0.6) is 0 Å². The summed E-state index contributed by atoms with van der Waals surface area (Å²) in [6.07, 6.45) is 0. The molecule has 1 N–H and O–H groups in total. The predicted octanol–water partition coefficient (Wildman–Crippen LogP) is 8.76. The van der Waals surface area contributed by atoms with Crippen LogP contribution in [0.4, 0.5) is 0 Å². The summed E-state index contributed by atoms with van der Waals surface area (Å²) in [6.45, 7) is 0. The second kappa shape index (κ2) is 8.42. The Bertz CT molecular complexity index is 2350. The number of aromatic nitrogens is 1. The van der Waals surface area contributed by atoms with E-state index in [1.54, 1.807) is 18.2 Å². The van der Waals surface area contributed by atoms with Crippen molar-refractivity contribution < 1.29 is 14.6 Å². The topological polar surface area (TPSA) is 48.3 Å². The van der Waals surface area contributed by atoms with Gasteiger partial charge in [-0.05, 0) is 82.8 Å². The van der Waals surface area contributed by atoms with Gasteiger partial charge in [0.1, 0.15) is 0 Å². The Labute approximate surface area is 240 Å². The molecular weight excluding hydrogens is 514 g/mol. The molecule has 0 saturated carbocycles. The third-order valence-electron chi connectivity index (χ3n) is 8.83. The van der Waals surface area contributed by atoms with Crippen molar-refractivity contribution in [2.45, 2.75) is 0 Å². The van der Waals surface area contributed by atoms with E-state index in [1.807, 2.05) is 36.4 Å². The molecule has 3 nitrogen and oxygen atoms in total. The Kier molecular flexibility index (Phi) is 4.63. The number of hydrogen-bond acceptors (Lipinski definition) is 2. The first-order valence-electron chi connectivity index (χ1n) is 14.1. The van der Waals surface area contributed by atoms with Crippen LogP contribution in [0.15, 0.2) is 127 Å².